The molecule has 5 atom stereocenters. The van der Waals surface area contributed by atoms with Crippen LogP contribution in [0.4, 0.5) is 0 Å². The Labute approximate surface area is 142 Å². The summed E-state index contributed by atoms with van der Waals surface area (Å²) in [6.45, 7) is 3.63. The number of esters is 3. The van der Waals surface area contributed by atoms with E-state index in [0.717, 1.165) is 0 Å². The number of carbonyl (C=O) groups is 3. The minimum Gasteiger partial charge on any atom is -0.463 e. The third-order valence-electron chi connectivity index (χ3n) is 3.19. The number of hydrogen-bond donors (Lipinski definition) is 1. The molecule has 2 fully saturated rings. The lowest BCUT2D eigenvalue weighted by atomic mass is 10.00. The van der Waals surface area contributed by atoms with Crippen molar-refractivity contribution in [3.05, 3.63) is 0 Å². The Balaban J connectivity index is 2.25. The molecule has 2 aliphatic heterocycles. The Morgan fingerprint density at radius 3 is 2.30 bits per heavy atom. The molecule has 0 aliphatic carbocycles. The van der Waals surface area contributed by atoms with Crippen LogP contribution in [0.2, 0.25) is 0 Å². The van der Waals surface area contributed by atoms with Crippen molar-refractivity contribution >= 4 is 46.2 Å². The van der Waals surface area contributed by atoms with Gasteiger partial charge in [0.05, 0.1) is 5.25 Å². The highest BCUT2D eigenvalue weighted by Gasteiger charge is 2.53. The molecule has 0 unspecified atom stereocenters. The van der Waals surface area contributed by atoms with Crippen molar-refractivity contribution < 1.29 is 33.3 Å². The lowest BCUT2D eigenvalue weighted by Crippen LogP contribution is -2.61. The van der Waals surface area contributed by atoms with Crippen LogP contribution in [0.3, 0.4) is 0 Å². The van der Waals surface area contributed by atoms with Gasteiger partial charge in [-0.2, -0.15) is 0 Å². The number of ether oxygens (including phenoxy) is 4. The first-order valence-electron chi connectivity index (χ1n) is 6.88. The fraction of sp³-hybridized carbons (Fsp3) is 0.692. The summed E-state index contributed by atoms with van der Waals surface area (Å²) in [5.74, 6) is -1.57. The zero-order valence-corrected chi connectivity index (χ0v) is 14.4. The van der Waals surface area contributed by atoms with Gasteiger partial charge in [0.15, 0.2) is 12.2 Å². The van der Waals surface area contributed by atoms with Gasteiger partial charge in [-0.1, -0.05) is 24.0 Å². The summed E-state index contributed by atoms with van der Waals surface area (Å²) >= 11 is 6.39. The van der Waals surface area contributed by atoms with Gasteiger partial charge in [-0.15, -0.1) is 0 Å². The Morgan fingerprint density at radius 1 is 1.13 bits per heavy atom. The maximum absolute atomic E-state index is 11.4. The molecule has 2 rings (SSSR count). The lowest BCUT2D eigenvalue weighted by molar-refractivity contribution is -0.213. The van der Waals surface area contributed by atoms with Gasteiger partial charge in [0.2, 0.25) is 0 Å². The van der Waals surface area contributed by atoms with Crippen LogP contribution in [0.1, 0.15) is 20.8 Å². The van der Waals surface area contributed by atoms with Crippen LogP contribution in [0.25, 0.3) is 0 Å². The Bertz CT molecular complexity index is 526. The highest BCUT2D eigenvalue weighted by Crippen LogP contribution is 2.37. The van der Waals surface area contributed by atoms with Crippen molar-refractivity contribution in [1.29, 1.82) is 0 Å². The number of rotatable bonds is 4. The number of nitrogens with one attached hydrogen (secondary N) is 1. The maximum Gasteiger partial charge on any atom is 0.303 e. The van der Waals surface area contributed by atoms with Crippen molar-refractivity contribution in [3.8, 4) is 0 Å². The molecule has 1 N–H and O–H groups in total. The zero-order valence-electron chi connectivity index (χ0n) is 12.8. The van der Waals surface area contributed by atoms with Crippen molar-refractivity contribution in [2.24, 2.45) is 0 Å². The summed E-state index contributed by atoms with van der Waals surface area (Å²) in [6, 6.07) is 0. The molecule has 2 aliphatic rings. The molecule has 128 valence electrons. The minimum absolute atomic E-state index is 0.132. The van der Waals surface area contributed by atoms with E-state index in [0.29, 0.717) is 4.32 Å². The van der Waals surface area contributed by atoms with Crippen molar-refractivity contribution in [3.63, 3.8) is 0 Å². The summed E-state index contributed by atoms with van der Waals surface area (Å²) in [6.07, 6.45) is -2.97. The summed E-state index contributed by atoms with van der Waals surface area (Å²) in [5, 5.41) is 2.59. The zero-order chi connectivity index (χ0) is 17.1. The number of carbonyl (C=O) groups excluding carboxylic acids is 3. The van der Waals surface area contributed by atoms with E-state index in [1.807, 2.05) is 0 Å². The maximum atomic E-state index is 11.4. The third kappa shape index (κ3) is 4.55. The van der Waals surface area contributed by atoms with Gasteiger partial charge in [-0.3, -0.25) is 14.4 Å². The topological polar surface area (TPSA) is 100 Å². The number of thiocarbonyl (C=S) groups is 1. The number of fused-ring (bicyclic) bond motifs is 1. The highest BCUT2D eigenvalue weighted by atomic mass is 32.2. The monoisotopic (exact) mass is 363 g/mol. The van der Waals surface area contributed by atoms with Gasteiger partial charge < -0.3 is 24.3 Å². The fourth-order valence-electron chi connectivity index (χ4n) is 2.43. The van der Waals surface area contributed by atoms with E-state index in [1.165, 1.54) is 32.5 Å². The molecule has 0 aromatic carbocycles. The summed E-state index contributed by atoms with van der Waals surface area (Å²) < 4.78 is 21.9. The highest BCUT2D eigenvalue weighted by molar-refractivity contribution is 8.23. The minimum atomic E-state index is -0.896. The van der Waals surface area contributed by atoms with Gasteiger partial charge in [0.1, 0.15) is 23.3 Å². The smallest absolute Gasteiger partial charge is 0.303 e. The molecular formula is C13H17NO7S2. The molecule has 0 bridgehead atoms. The predicted octanol–water partition coefficient (Wildman–Crippen LogP) is 0.128. The average molecular weight is 363 g/mol. The van der Waals surface area contributed by atoms with Crippen LogP contribution in [0.15, 0.2) is 0 Å². The summed E-state index contributed by atoms with van der Waals surface area (Å²) in [7, 11) is 0. The first-order valence-corrected chi connectivity index (χ1v) is 8.17. The lowest BCUT2D eigenvalue weighted by Gasteiger charge is -2.41. The molecule has 10 heteroatoms. The van der Waals surface area contributed by atoms with Gasteiger partial charge in [0, 0.05) is 20.8 Å². The van der Waals surface area contributed by atoms with Crippen LogP contribution in [0, 0.1) is 0 Å². The summed E-state index contributed by atoms with van der Waals surface area (Å²) in [5.41, 5.74) is 0. The number of thioether (sulfide) groups is 1. The van der Waals surface area contributed by atoms with Crippen molar-refractivity contribution in [2.75, 3.05) is 6.61 Å². The van der Waals surface area contributed by atoms with Gasteiger partial charge >= 0.3 is 17.9 Å². The van der Waals surface area contributed by atoms with Crippen LogP contribution in [-0.4, -0.2) is 58.6 Å². The SMILES string of the molecule is CC(=O)OC[C@H]1O[C@@H]2NC(=S)S[C@@H]2[C@@H](OC(C)=O)[C@@H]1OC(C)=O. The first kappa shape index (κ1) is 18.0. The molecular weight excluding hydrogens is 346 g/mol. The Hall–Kier alpha value is -1.39. The Morgan fingerprint density at radius 2 is 1.74 bits per heavy atom. The normalized spacial score (nSPS) is 32.5. The first-order chi connectivity index (χ1) is 10.8. The van der Waals surface area contributed by atoms with Gasteiger partial charge in [-0.25, -0.2) is 0 Å². The molecule has 0 spiro atoms. The molecule has 8 nitrogen and oxygen atoms in total. The molecule has 0 saturated carbocycles. The van der Waals surface area contributed by atoms with E-state index in [2.05, 4.69) is 5.32 Å². The molecule has 0 aromatic heterocycles. The molecule has 2 saturated heterocycles. The average Bonchev–Trinajstić information content (AvgIpc) is 2.78. The predicted molar refractivity (Wildman–Crippen MR) is 83.5 cm³/mol. The second-order valence-electron chi connectivity index (χ2n) is 5.06. The van der Waals surface area contributed by atoms with E-state index in [4.69, 9.17) is 31.2 Å². The van der Waals surface area contributed by atoms with Crippen molar-refractivity contribution in [1.82, 2.24) is 5.32 Å². The summed E-state index contributed by atoms with van der Waals surface area (Å²) in [4.78, 5) is 33.9. The van der Waals surface area contributed by atoms with E-state index < -0.39 is 42.4 Å². The van der Waals surface area contributed by atoms with Crippen LogP contribution < -0.4 is 5.32 Å². The van der Waals surface area contributed by atoms with E-state index in [-0.39, 0.29) is 11.9 Å². The van der Waals surface area contributed by atoms with Crippen LogP contribution >= 0.6 is 24.0 Å². The van der Waals surface area contributed by atoms with E-state index in [1.54, 1.807) is 0 Å². The number of hydrogen-bond acceptors (Lipinski definition) is 9. The van der Waals surface area contributed by atoms with Crippen molar-refractivity contribution in [2.45, 2.75) is 50.6 Å². The van der Waals surface area contributed by atoms with Gasteiger partial charge in [0.25, 0.3) is 0 Å². The van der Waals surface area contributed by atoms with Crippen LogP contribution in [0.5, 0.6) is 0 Å². The fourth-order valence-corrected chi connectivity index (χ4v) is 3.91. The standard InChI is InChI=1S/C13H17NO7S2/c1-5(15)18-4-8-9(19-6(2)16)10(20-7(3)17)11-12(21-8)14-13(22)23-11/h8-12H,4H2,1-3H3,(H,14,22)/t8-,9-,10+,11-,12+/m1/s1. The third-order valence-corrected chi connectivity index (χ3v) is 4.72. The van der Waals surface area contributed by atoms with Crippen LogP contribution in [-0.2, 0) is 33.3 Å². The molecule has 0 aromatic rings. The molecule has 2 heterocycles. The molecule has 23 heavy (non-hydrogen) atoms. The largest absolute Gasteiger partial charge is 0.463 e. The second-order valence-corrected chi connectivity index (χ2v) is 6.92. The molecule has 0 radical (unpaired) electrons. The molecule has 0 amide bonds. The second kappa shape index (κ2) is 7.45. The van der Waals surface area contributed by atoms with E-state index >= 15 is 0 Å². The van der Waals surface area contributed by atoms with Gasteiger partial charge in [-0.05, 0) is 0 Å². The van der Waals surface area contributed by atoms with E-state index in [9.17, 15) is 14.4 Å². The quantitative estimate of drug-likeness (QED) is 0.421. The Kier molecular flexibility index (Phi) is 5.82.